The molecule has 0 radical (unpaired) electrons. The topological polar surface area (TPSA) is 96.1 Å². The fourth-order valence-corrected chi connectivity index (χ4v) is 4.24. The third kappa shape index (κ3) is 3.89. The van der Waals surface area contributed by atoms with Gasteiger partial charge in [0, 0.05) is 41.6 Å². The molecule has 2 aromatic heterocycles. The van der Waals surface area contributed by atoms with E-state index in [1.54, 1.807) is 43.7 Å². The van der Waals surface area contributed by atoms with E-state index in [0.717, 1.165) is 6.26 Å². The van der Waals surface area contributed by atoms with Crippen molar-refractivity contribution in [2.24, 2.45) is 7.05 Å². The minimum absolute atomic E-state index is 0.0991. The molecule has 166 valence electrons. The molecule has 10 heteroatoms. The number of aryl methyl sites for hydroxylation is 2. The first-order valence-electron chi connectivity index (χ1n) is 9.71. The van der Waals surface area contributed by atoms with Gasteiger partial charge in [0.15, 0.2) is 9.84 Å². The van der Waals surface area contributed by atoms with Crippen LogP contribution in [0, 0.1) is 0 Å². The molecule has 0 saturated heterocycles. The number of aromatic nitrogens is 4. The zero-order chi connectivity index (χ0) is 23.0. The monoisotopic (exact) mass is 456 g/mol. The highest BCUT2D eigenvalue weighted by Gasteiger charge is 2.18. The van der Waals surface area contributed by atoms with Crippen molar-refractivity contribution in [1.82, 2.24) is 19.6 Å². The molecule has 0 fully saturated rings. The molecule has 8 nitrogen and oxygen atoms in total. The maximum Gasteiger partial charge on any atom is 0.258 e. The molecule has 0 unspecified atom stereocenters. The second-order valence-electron chi connectivity index (χ2n) is 7.41. The number of fused-ring (bicyclic) bond motifs is 1. The molecule has 2 heterocycles. The van der Waals surface area contributed by atoms with Gasteiger partial charge in [0.1, 0.15) is 18.1 Å². The van der Waals surface area contributed by atoms with Gasteiger partial charge in [-0.15, -0.1) is 5.10 Å². The average Bonchev–Trinajstić information content (AvgIpc) is 3.24. The van der Waals surface area contributed by atoms with Gasteiger partial charge in [-0.1, -0.05) is 11.3 Å². The number of benzene rings is 2. The molecular formula is C22H21FN4O4S. The molecular weight excluding hydrogens is 435 g/mol. The number of sulfone groups is 1. The third-order valence-electron chi connectivity index (χ3n) is 5.22. The van der Waals surface area contributed by atoms with E-state index in [0.29, 0.717) is 38.9 Å². The lowest BCUT2D eigenvalue weighted by molar-refractivity contribution is 0.416. The van der Waals surface area contributed by atoms with Crippen LogP contribution in [-0.4, -0.2) is 48.0 Å². The van der Waals surface area contributed by atoms with Crippen LogP contribution < -0.4 is 10.3 Å². The van der Waals surface area contributed by atoms with Crippen molar-refractivity contribution in [2.45, 2.75) is 11.4 Å². The minimum atomic E-state index is -3.46. The number of nitrogens with zero attached hydrogens (tertiary/aromatic N) is 4. The normalized spacial score (nSPS) is 11.8. The number of halogens is 1. The van der Waals surface area contributed by atoms with Gasteiger partial charge >= 0.3 is 0 Å². The molecule has 0 saturated carbocycles. The van der Waals surface area contributed by atoms with Crippen molar-refractivity contribution in [2.75, 3.05) is 20.0 Å². The molecule has 0 aliphatic rings. The molecule has 0 aliphatic heterocycles. The van der Waals surface area contributed by atoms with Gasteiger partial charge in [0.05, 0.1) is 24.7 Å². The van der Waals surface area contributed by atoms with E-state index in [-0.39, 0.29) is 17.0 Å². The molecule has 0 bridgehead atoms. The average molecular weight is 456 g/mol. The Morgan fingerprint density at radius 1 is 1.06 bits per heavy atom. The maximum absolute atomic E-state index is 12.8. The molecule has 0 N–H and O–H groups in total. The number of pyridine rings is 1. The largest absolute Gasteiger partial charge is 0.496 e. The highest BCUT2D eigenvalue weighted by molar-refractivity contribution is 7.90. The van der Waals surface area contributed by atoms with Gasteiger partial charge in [-0.2, -0.15) is 0 Å². The van der Waals surface area contributed by atoms with Crippen LogP contribution >= 0.6 is 0 Å². The summed E-state index contributed by atoms with van der Waals surface area (Å²) in [4.78, 5) is 12.9. The number of methoxy groups -OCH3 is 1. The number of rotatable bonds is 6. The van der Waals surface area contributed by atoms with Crippen molar-refractivity contribution >= 4 is 20.6 Å². The van der Waals surface area contributed by atoms with Gasteiger partial charge in [-0.3, -0.25) is 4.79 Å². The van der Waals surface area contributed by atoms with Gasteiger partial charge in [0.2, 0.25) is 0 Å². The van der Waals surface area contributed by atoms with Gasteiger partial charge < -0.3 is 9.30 Å². The van der Waals surface area contributed by atoms with E-state index in [1.807, 2.05) is 0 Å². The summed E-state index contributed by atoms with van der Waals surface area (Å²) in [6.07, 6.45) is 4.42. The Bertz CT molecular complexity index is 1490. The van der Waals surface area contributed by atoms with Crippen LogP contribution in [0.4, 0.5) is 4.39 Å². The van der Waals surface area contributed by atoms with Crippen molar-refractivity contribution < 1.29 is 17.5 Å². The zero-order valence-electron chi connectivity index (χ0n) is 17.7. The Morgan fingerprint density at radius 3 is 2.53 bits per heavy atom. The van der Waals surface area contributed by atoms with E-state index < -0.39 is 16.5 Å². The lowest BCUT2D eigenvalue weighted by Crippen LogP contribution is -2.16. The summed E-state index contributed by atoms with van der Waals surface area (Å²) in [5, 5.41) is 9.07. The molecule has 4 aromatic rings. The number of hydrogen-bond donors (Lipinski definition) is 0. The van der Waals surface area contributed by atoms with Crippen LogP contribution in [0.25, 0.3) is 33.2 Å². The van der Waals surface area contributed by atoms with E-state index in [1.165, 1.54) is 28.5 Å². The fourth-order valence-electron chi connectivity index (χ4n) is 3.59. The first-order chi connectivity index (χ1) is 15.2. The first-order valence-corrected chi connectivity index (χ1v) is 11.6. The smallest absolute Gasteiger partial charge is 0.258 e. The Balaban J connectivity index is 2.01. The molecule has 0 atom stereocenters. The lowest BCUT2D eigenvalue weighted by Gasteiger charge is -2.15. The molecule has 2 aromatic carbocycles. The number of alkyl halides is 1. The van der Waals surface area contributed by atoms with Crippen LogP contribution in [0.3, 0.4) is 0 Å². The predicted octanol–water partition coefficient (Wildman–Crippen LogP) is 2.85. The molecule has 0 aliphatic carbocycles. The maximum atomic E-state index is 12.8. The Labute approximate surface area is 183 Å². The Morgan fingerprint density at radius 2 is 1.84 bits per heavy atom. The summed E-state index contributed by atoms with van der Waals surface area (Å²) in [6.45, 7) is -0.459. The standard InChI is InChI=1S/C22H21FN4O4S/c1-26-12-19(18-11-15(32(3,29)30)5-7-21(18)31-2)17-10-14(4-6-16(17)22(26)28)20-13-27(9-8-23)25-24-20/h4-7,10-13H,8-9H2,1-3H3. The highest BCUT2D eigenvalue weighted by atomic mass is 32.2. The van der Waals surface area contributed by atoms with Crippen LogP contribution in [-0.2, 0) is 23.4 Å². The summed E-state index contributed by atoms with van der Waals surface area (Å²) < 4.78 is 45.3. The van der Waals surface area contributed by atoms with E-state index in [9.17, 15) is 17.6 Å². The predicted molar refractivity (Wildman–Crippen MR) is 119 cm³/mol. The van der Waals surface area contributed by atoms with Crippen molar-refractivity contribution in [3.8, 4) is 28.1 Å². The van der Waals surface area contributed by atoms with Crippen LogP contribution in [0.1, 0.15) is 0 Å². The second kappa shape index (κ2) is 8.19. The second-order valence-corrected chi connectivity index (χ2v) is 9.43. The lowest BCUT2D eigenvalue weighted by atomic mass is 9.97. The van der Waals surface area contributed by atoms with Gasteiger partial charge in [0.25, 0.3) is 5.56 Å². The van der Waals surface area contributed by atoms with E-state index in [2.05, 4.69) is 10.3 Å². The first kappa shape index (κ1) is 21.7. The molecule has 32 heavy (non-hydrogen) atoms. The summed E-state index contributed by atoms with van der Waals surface area (Å²) >= 11 is 0. The fraction of sp³-hybridized carbons (Fsp3) is 0.227. The van der Waals surface area contributed by atoms with Gasteiger partial charge in [-0.25, -0.2) is 17.5 Å². The molecule has 4 rings (SSSR count). The van der Waals surface area contributed by atoms with Crippen LogP contribution in [0.2, 0.25) is 0 Å². The van der Waals surface area contributed by atoms with Crippen LogP contribution in [0.15, 0.2) is 58.5 Å². The van der Waals surface area contributed by atoms with E-state index in [4.69, 9.17) is 4.74 Å². The summed E-state index contributed by atoms with van der Waals surface area (Å²) in [5.41, 5.74) is 2.19. The Kier molecular flexibility index (Phi) is 5.55. The zero-order valence-corrected chi connectivity index (χ0v) is 18.6. The minimum Gasteiger partial charge on any atom is -0.496 e. The quantitative estimate of drug-likeness (QED) is 0.443. The van der Waals surface area contributed by atoms with E-state index >= 15 is 0 Å². The van der Waals surface area contributed by atoms with Crippen molar-refractivity contribution in [3.63, 3.8) is 0 Å². The van der Waals surface area contributed by atoms with Crippen LogP contribution in [0.5, 0.6) is 5.75 Å². The molecule has 0 spiro atoms. The highest BCUT2D eigenvalue weighted by Crippen LogP contribution is 2.37. The SMILES string of the molecule is COc1ccc(S(C)(=O)=O)cc1-c1cn(C)c(=O)c2ccc(-c3cn(CCF)nn3)cc12. The van der Waals surface area contributed by atoms with Crippen molar-refractivity contribution in [1.29, 1.82) is 0 Å². The Hall–Kier alpha value is -3.53. The van der Waals surface area contributed by atoms with Gasteiger partial charge in [-0.05, 0) is 35.7 Å². The summed E-state index contributed by atoms with van der Waals surface area (Å²) in [5.74, 6) is 0.469. The van der Waals surface area contributed by atoms with Crippen molar-refractivity contribution in [3.05, 3.63) is 59.1 Å². The summed E-state index contributed by atoms with van der Waals surface area (Å²) in [6, 6.07) is 9.85. The summed E-state index contributed by atoms with van der Waals surface area (Å²) in [7, 11) is -0.328. The molecule has 0 amide bonds. The number of ether oxygens (including phenoxy) is 1. The number of hydrogen-bond acceptors (Lipinski definition) is 6. The third-order valence-corrected chi connectivity index (χ3v) is 6.33.